The Kier molecular flexibility index (Phi) is 6.64. The molecule has 1 aromatic rings. The summed E-state index contributed by atoms with van der Waals surface area (Å²) in [7, 11) is 1.63. The van der Waals surface area contributed by atoms with E-state index in [4.69, 9.17) is 9.47 Å². The summed E-state index contributed by atoms with van der Waals surface area (Å²) in [6.07, 6.45) is 0.115. The first-order valence-electron chi connectivity index (χ1n) is 5.22. The Bertz CT molecular complexity index is 304. The SMILES string of the molecule is COCCOCC(O)Cc1ccccc1Br. The topological polar surface area (TPSA) is 38.7 Å². The number of halogens is 1. The lowest BCUT2D eigenvalue weighted by molar-refractivity contribution is 0.0136. The van der Waals surface area contributed by atoms with E-state index in [0.29, 0.717) is 26.2 Å². The Labute approximate surface area is 105 Å². The van der Waals surface area contributed by atoms with E-state index in [1.807, 2.05) is 24.3 Å². The summed E-state index contributed by atoms with van der Waals surface area (Å²) < 4.78 is 11.1. The van der Waals surface area contributed by atoms with Gasteiger partial charge in [-0.2, -0.15) is 0 Å². The average molecular weight is 289 g/mol. The zero-order valence-corrected chi connectivity index (χ0v) is 10.9. The Morgan fingerprint density at radius 2 is 2.06 bits per heavy atom. The maximum absolute atomic E-state index is 9.74. The van der Waals surface area contributed by atoms with Gasteiger partial charge < -0.3 is 14.6 Å². The molecular formula is C12H17BrO3. The molecule has 0 fully saturated rings. The molecule has 0 saturated heterocycles. The van der Waals surface area contributed by atoms with E-state index in [1.165, 1.54) is 0 Å². The molecule has 1 aromatic carbocycles. The molecule has 90 valence electrons. The molecule has 0 heterocycles. The van der Waals surface area contributed by atoms with Crippen molar-refractivity contribution in [1.82, 2.24) is 0 Å². The van der Waals surface area contributed by atoms with E-state index in [2.05, 4.69) is 15.9 Å². The predicted octanol–water partition coefficient (Wildman–Crippen LogP) is 2.02. The summed E-state index contributed by atoms with van der Waals surface area (Å²) in [5.41, 5.74) is 1.09. The van der Waals surface area contributed by atoms with Crippen molar-refractivity contribution in [2.24, 2.45) is 0 Å². The lowest BCUT2D eigenvalue weighted by Crippen LogP contribution is -2.19. The number of hydrogen-bond donors (Lipinski definition) is 1. The molecule has 16 heavy (non-hydrogen) atoms. The maximum Gasteiger partial charge on any atom is 0.0814 e. The smallest absolute Gasteiger partial charge is 0.0814 e. The van der Waals surface area contributed by atoms with Crippen molar-refractivity contribution in [3.8, 4) is 0 Å². The summed E-state index contributed by atoms with van der Waals surface area (Å²) >= 11 is 3.45. The van der Waals surface area contributed by atoms with Gasteiger partial charge >= 0.3 is 0 Å². The minimum atomic E-state index is -0.476. The standard InChI is InChI=1S/C12H17BrO3/c1-15-6-7-16-9-11(14)8-10-4-2-3-5-12(10)13/h2-5,11,14H,6-9H2,1H3. The highest BCUT2D eigenvalue weighted by Gasteiger charge is 2.07. The van der Waals surface area contributed by atoms with Crippen LogP contribution >= 0.6 is 15.9 Å². The zero-order chi connectivity index (χ0) is 11.8. The second kappa shape index (κ2) is 7.79. The third-order valence-corrected chi connectivity index (χ3v) is 2.93. The maximum atomic E-state index is 9.74. The molecule has 0 aliphatic rings. The number of hydrogen-bond acceptors (Lipinski definition) is 3. The summed E-state index contributed by atoms with van der Waals surface area (Å²) in [5, 5.41) is 9.74. The molecule has 0 aliphatic heterocycles. The van der Waals surface area contributed by atoms with Crippen molar-refractivity contribution in [1.29, 1.82) is 0 Å². The molecule has 4 heteroatoms. The molecule has 3 nitrogen and oxygen atoms in total. The highest BCUT2D eigenvalue weighted by atomic mass is 79.9. The number of ether oxygens (including phenoxy) is 2. The molecule has 0 aromatic heterocycles. The van der Waals surface area contributed by atoms with E-state index in [0.717, 1.165) is 10.0 Å². The van der Waals surface area contributed by atoms with Crippen LogP contribution in [0, 0.1) is 0 Å². The van der Waals surface area contributed by atoms with Gasteiger partial charge in [-0.15, -0.1) is 0 Å². The first kappa shape index (κ1) is 13.6. The number of aliphatic hydroxyl groups excluding tert-OH is 1. The van der Waals surface area contributed by atoms with Crippen LogP contribution in [0.15, 0.2) is 28.7 Å². The molecule has 0 spiro atoms. The third-order valence-electron chi connectivity index (χ3n) is 2.16. The first-order chi connectivity index (χ1) is 7.74. The van der Waals surface area contributed by atoms with Crippen molar-refractivity contribution >= 4 is 15.9 Å². The summed E-state index contributed by atoms with van der Waals surface area (Å²) in [6, 6.07) is 7.87. The van der Waals surface area contributed by atoms with Gasteiger partial charge in [-0.1, -0.05) is 34.1 Å². The van der Waals surface area contributed by atoms with Crippen LogP contribution < -0.4 is 0 Å². The monoisotopic (exact) mass is 288 g/mol. The molecule has 0 saturated carbocycles. The highest BCUT2D eigenvalue weighted by Crippen LogP contribution is 2.17. The number of benzene rings is 1. The van der Waals surface area contributed by atoms with E-state index in [1.54, 1.807) is 7.11 Å². The second-order valence-corrected chi connectivity index (χ2v) is 4.37. The van der Waals surface area contributed by atoms with E-state index in [9.17, 15) is 5.11 Å². The predicted molar refractivity (Wildman–Crippen MR) is 66.5 cm³/mol. The molecule has 0 amide bonds. The van der Waals surface area contributed by atoms with E-state index in [-0.39, 0.29) is 0 Å². The lowest BCUT2D eigenvalue weighted by atomic mass is 10.1. The summed E-state index contributed by atoms with van der Waals surface area (Å²) in [6.45, 7) is 1.41. The quantitative estimate of drug-likeness (QED) is 0.780. The molecule has 1 N–H and O–H groups in total. The first-order valence-corrected chi connectivity index (χ1v) is 6.01. The molecule has 1 atom stereocenters. The normalized spacial score (nSPS) is 12.7. The lowest BCUT2D eigenvalue weighted by Gasteiger charge is -2.12. The summed E-state index contributed by atoms with van der Waals surface area (Å²) in [4.78, 5) is 0. The van der Waals surface area contributed by atoms with Crippen LogP contribution in [0.4, 0.5) is 0 Å². The minimum absolute atomic E-state index is 0.338. The largest absolute Gasteiger partial charge is 0.390 e. The van der Waals surface area contributed by atoms with Gasteiger partial charge in [-0.3, -0.25) is 0 Å². The number of rotatable bonds is 7. The Morgan fingerprint density at radius 1 is 1.31 bits per heavy atom. The summed E-state index contributed by atoms with van der Waals surface area (Å²) in [5.74, 6) is 0. The number of methoxy groups -OCH3 is 1. The fourth-order valence-corrected chi connectivity index (χ4v) is 1.78. The Morgan fingerprint density at radius 3 is 2.75 bits per heavy atom. The minimum Gasteiger partial charge on any atom is -0.390 e. The Balaban J connectivity index is 2.28. The van der Waals surface area contributed by atoms with Crippen LogP contribution in [0.25, 0.3) is 0 Å². The van der Waals surface area contributed by atoms with Gasteiger partial charge in [0.25, 0.3) is 0 Å². The van der Waals surface area contributed by atoms with Crippen molar-refractivity contribution < 1.29 is 14.6 Å². The van der Waals surface area contributed by atoms with Crippen molar-refractivity contribution in [2.75, 3.05) is 26.9 Å². The van der Waals surface area contributed by atoms with Gasteiger partial charge in [0.05, 0.1) is 25.9 Å². The molecule has 0 aliphatic carbocycles. The van der Waals surface area contributed by atoms with Crippen LogP contribution in [0.1, 0.15) is 5.56 Å². The fourth-order valence-electron chi connectivity index (χ4n) is 1.34. The van der Waals surface area contributed by atoms with E-state index < -0.39 is 6.10 Å². The van der Waals surface area contributed by atoms with Gasteiger partial charge in [0.15, 0.2) is 0 Å². The van der Waals surface area contributed by atoms with Crippen molar-refractivity contribution in [3.05, 3.63) is 34.3 Å². The van der Waals surface area contributed by atoms with Crippen LogP contribution in [0.5, 0.6) is 0 Å². The van der Waals surface area contributed by atoms with Crippen molar-refractivity contribution in [2.45, 2.75) is 12.5 Å². The van der Waals surface area contributed by atoms with Crippen LogP contribution in [-0.2, 0) is 15.9 Å². The molecule has 0 radical (unpaired) electrons. The second-order valence-electron chi connectivity index (χ2n) is 3.52. The molecule has 0 bridgehead atoms. The van der Waals surface area contributed by atoms with Gasteiger partial charge in [0, 0.05) is 18.0 Å². The van der Waals surface area contributed by atoms with Gasteiger partial charge in [0.2, 0.25) is 0 Å². The van der Waals surface area contributed by atoms with Crippen molar-refractivity contribution in [3.63, 3.8) is 0 Å². The number of aliphatic hydroxyl groups is 1. The van der Waals surface area contributed by atoms with Crippen LogP contribution in [-0.4, -0.2) is 38.1 Å². The Hall–Kier alpha value is -0.420. The third kappa shape index (κ3) is 5.07. The average Bonchev–Trinajstić information content (AvgIpc) is 2.28. The van der Waals surface area contributed by atoms with Gasteiger partial charge in [-0.05, 0) is 11.6 Å². The fraction of sp³-hybridized carbons (Fsp3) is 0.500. The van der Waals surface area contributed by atoms with Crippen LogP contribution in [0.3, 0.4) is 0 Å². The molecule has 1 unspecified atom stereocenters. The van der Waals surface area contributed by atoms with Gasteiger partial charge in [0.1, 0.15) is 0 Å². The highest BCUT2D eigenvalue weighted by molar-refractivity contribution is 9.10. The zero-order valence-electron chi connectivity index (χ0n) is 9.36. The molecule has 1 rings (SSSR count). The van der Waals surface area contributed by atoms with E-state index >= 15 is 0 Å². The van der Waals surface area contributed by atoms with Gasteiger partial charge in [-0.25, -0.2) is 0 Å². The molecular weight excluding hydrogens is 272 g/mol. The van der Waals surface area contributed by atoms with Crippen LogP contribution in [0.2, 0.25) is 0 Å².